The van der Waals surface area contributed by atoms with Gasteiger partial charge in [0.15, 0.2) is 5.82 Å². The van der Waals surface area contributed by atoms with Gasteiger partial charge in [-0.25, -0.2) is 4.39 Å². The predicted octanol–water partition coefficient (Wildman–Crippen LogP) is 7.39. The van der Waals surface area contributed by atoms with Gasteiger partial charge in [-0.05, 0) is 62.3 Å². The first-order valence-corrected chi connectivity index (χ1v) is 12.2. The Morgan fingerprint density at radius 2 is 2.00 bits per heavy atom. The van der Waals surface area contributed by atoms with Crippen LogP contribution in [0.2, 0.25) is 5.02 Å². The van der Waals surface area contributed by atoms with Gasteiger partial charge in [0.1, 0.15) is 5.82 Å². The van der Waals surface area contributed by atoms with Crippen molar-refractivity contribution in [1.29, 1.82) is 0 Å². The highest BCUT2D eigenvalue weighted by atomic mass is 35.5. The first-order valence-electron chi connectivity index (χ1n) is 11.8. The topological polar surface area (TPSA) is 59.8 Å². The summed E-state index contributed by atoms with van der Waals surface area (Å²) in [4.78, 5) is 11.3. The number of carbonyl (C=O) groups is 1. The van der Waals surface area contributed by atoms with Crippen LogP contribution in [0.4, 0.5) is 10.1 Å². The van der Waals surface area contributed by atoms with Crippen molar-refractivity contribution in [2.45, 2.75) is 72.1 Å². The van der Waals surface area contributed by atoms with Crippen LogP contribution in [0.15, 0.2) is 42.3 Å². The van der Waals surface area contributed by atoms with Crippen molar-refractivity contribution in [3.8, 4) is 11.4 Å². The smallest absolute Gasteiger partial charge is 0.221 e. The summed E-state index contributed by atoms with van der Waals surface area (Å²) in [6, 6.07) is 5.37. The molecule has 0 aliphatic heterocycles. The number of hydrogen-bond donors (Lipinski definition) is 1. The number of aromatic nitrogens is 3. The molecule has 1 N–H and O–H groups in total. The molecule has 0 saturated heterocycles. The van der Waals surface area contributed by atoms with Crippen molar-refractivity contribution in [1.82, 2.24) is 14.8 Å². The standard InChI is InChI=1S/C24H30ClFN4O.C2H6/c1-5-8-18(26)10-7-9-17(6-2)24(13-14-24)23-29-28-22(30(23)4)20-12-11-19(15-21(20)25)27-16(3)31;1-2/h7,9-12,15,17H,5-6,8,13-14H2,1-4H3,(H,27,31);1-2H3/b9-7?,18-10+;. The Bertz CT molecular complexity index is 1010. The maximum absolute atomic E-state index is 13.7. The minimum atomic E-state index is -0.150. The molecule has 33 heavy (non-hydrogen) atoms. The molecule has 0 spiro atoms. The van der Waals surface area contributed by atoms with E-state index in [-0.39, 0.29) is 23.1 Å². The summed E-state index contributed by atoms with van der Waals surface area (Å²) in [5, 5.41) is 12.2. The molecular weight excluding hydrogens is 439 g/mol. The largest absolute Gasteiger partial charge is 0.326 e. The average Bonchev–Trinajstić information content (AvgIpc) is 3.48. The highest BCUT2D eigenvalue weighted by Gasteiger charge is 2.52. The maximum Gasteiger partial charge on any atom is 0.221 e. The third kappa shape index (κ3) is 6.32. The van der Waals surface area contributed by atoms with Gasteiger partial charge in [0, 0.05) is 30.6 Å². The van der Waals surface area contributed by atoms with Gasteiger partial charge in [0.05, 0.1) is 10.8 Å². The van der Waals surface area contributed by atoms with E-state index in [9.17, 15) is 9.18 Å². The molecule has 180 valence electrons. The lowest BCUT2D eigenvalue weighted by Gasteiger charge is -2.22. The number of halogens is 2. The molecule has 1 amide bonds. The molecule has 1 aliphatic rings. The molecule has 1 saturated carbocycles. The van der Waals surface area contributed by atoms with Gasteiger partial charge in [-0.15, -0.1) is 10.2 Å². The molecule has 1 aromatic heterocycles. The van der Waals surface area contributed by atoms with Gasteiger partial charge < -0.3 is 9.88 Å². The minimum Gasteiger partial charge on any atom is -0.326 e. The van der Waals surface area contributed by atoms with E-state index in [1.165, 1.54) is 6.92 Å². The van der Waals surface area contributed by atoms with E-state index in [1.807, 2.05) is 44.5 Å². The van der Waals surface area contributed by atoms with Gasteiger partial charge in [-0.3, -0.25) is 4.79 Å². The Morgan fingerprint density at radius 1 is 1.30 bits per heavy atom. The molecule has 5 nitrogen and oxygen atoms in total. The van der Waals surface area contributed by atoms with Crippen LogP contribution >= 0.6 is 11.6 Å². The summed E-state index contributed by atoms with van der Waals surface area (Å²) >= 11 is 6.49. The maximum atomic E-state index is 13.7. The number of carbonyl (C=O) groups excluding carboxylic acids is 1. The normalized spacial score (nSPS) is 15.7. The molecule has 3 rings (SSSR count). The van der Waals surface area contributed by atoms with Gasteiger partial charge in [0.2, 0.25) is 5.91 Å². The van der Waals surface area contributed by atoms with Crippen molar-refractivity contribution in [3.05, 3.63) is 53.1 Å². The fourth-order valence-electron chi connectivity index (χ4n) is 4.20. The molecule has 1 aromatic carbocycles. The zero-order valence-electron chi connectivity index (χ0n) is 20.6. The van der Waals surface area contributed by atoms with E-state index < -0.39 is 0 Å². The quantitative estimate of drug-likeness (QED) is 0.385. The van der Waals surface area contributed by atoms with E-state index in [0.717, 1.165) is 37.1 Å². The molecule has 2 aromatic rings. The van der Waals surface area contributed by atoms with Crippen LogP contribution in [0, 0.1) is 5.92 Å². The number of benzene rings is 1. The van der Waals surface area contributed by atoms with Crippen molar-refractivity contribution in [3.63, 3.8) is 0 Å². The number of nitrogens with zero attached hydrogens (tertiary/aromatic N) is 3. The van der Waals surface area contributed by atoms with Gasteiger partial charge in [-0.1, -0.05) is 51.4 Å². The highest BCUT2D eigenvalue weighted by molar-refractivity contribution is 6.33. The Hall–Kier alpha value is -2.47. The average molecular weight is 475 g/mol. The molecule has 1 atom stereocenters. The van der Waals surface area contributed by atoms with E-state index in [0.29, 0.717) is 23.0 Å². The van der Waals surface area contributed by atoms with E-state index >= 15 is 0 Å². The number of amides is 1. The Balaban J connectivity index is 0.00000187. The summed E-state index contributed by atoms with van der Waals surface area (Å²) in [5.41, 5.74) is 1.32. The van der Waals surface area contributed by atoms with Crippen LogP contribution in [0.1, 0.15) is 72.5 Å². The molecular formula is C26H36ClFN4O. The minimum absolute atomic E-state index is 0.0804. The van der Waals surface area contributed by atoms with Crippen molar-refractivity contribution >= 4 is 23.2 Å². The van der Waals surface area contributed by atoms with Gasteiger partial charge in [-0.2, -0.15) is 0 Å². The highest BCUT2D eigenvalue weighted by Crippen LogP contribution is 2.55. The second-order valence-corrected chi connectivity index (χ2v) is 8.61. The molecule has 1 fully saturated rings. The fourth-order valence-corrected chi connectivity index (χ4v) is 4.46. The van der Waals surface area contributed by atoms with Crippen molar-refractivity contribution < 1.29 is 9.18 Å². The summed E-state index contributed by atoms with van der Waals surface area (Å²) in [6.45, 7) is 9.57. The second-order valence-electron chi connectivity index (χ2n) is 8.20. The van der Waals surface area contributed by atoms with E-state index in [1.54, 1.807) is 18.2 Å². The van der Waals surface area contributed by atoms with Crippen LogP contribution in [-0.2, 0) is 17.3 Å². The SMILES string of the molecule is CC.CCC/C(F)=C\C=CC(CC)C1(c2nnc(-c3ccc(NC(C)=O)cc3Cl)n2C)CC1. The first-order chi connectivity index (χ1) is 15.8. The third-order valence-electron chi connectivity index (χ3n) is 5.90. The monoisotopic (exact) mass is 474 g/mol. The van der Waals surface area contributed by atoms with E-state index in [2.05, 4.69) is 28.5 Å². The van der Waals surface area contributed by atoms with Crippen molar-refractivity contribution in [2.75, 3.05) is 5.32 Å². The molecule has 1 heterocycles. The summed E-state index contributed by atoms with van der Waals surface area (Å²) in [7, 11) is 1.96. The molecule has 0 radical (unpaired) electrons. The lowest BCUT2D eigenvalue weighted by atomic mass is 9.85. The Morgan fingerprint density at radius 3 is 2.55 bits per heavy atom. The Kier molecular flexibility index (Phi) is 9.84. The number of hydrogen-bond acceptors (Lipinski definition) is 3. The number of allylic oxidation sites excluding steroid dienone is 4. The molecule has 1 unspecified atom stereocenters. The fraction of sp³-hybridized carbons (Fsp3) is 0.500. The van der Waals surface area contributed by atoms with Crippen LogP contribution in [0.5, 0.6) is 0 Å². The first kappa shape index (κ1) is 26.8. The van der Waals surface area contributed by atoms with Gasteiger partial charge >= 0.3 is 0 Å². The van der Waals surface area contributed by atoms with Crippen LogP contribution in [0.25, 0.3) is 11.4 Å². The third-order valence-corrected chi connectivity index (χ3v) is 6.21. The zero-order valence-corrected chi connectivity index (χ0v) is 21.3. The van der Waals surface area contributed by atoms with Crippen LogP contribution in [0.3, 0.4) is 0 Å². The Labute approximate surface area is 202 Å². The predicted molar refractivity (Wildman–Crippen MR) is 135 cm³/mol. The second kappa shape index (κ2) is 12.1. The number of rotatable bonds is 9. The summed E-state index contributed by atoms with van der Waals surface area (Å²) in [6.07, 6.45) is 9.78. The van der Waals surface area contributed by atoms with Gasteiger partial charge in [0.25, 0.3) is 0 Å². The molecule has 0 bridgehead atoms. The lowest BCUT2D eigenvalue weighted by Crippen LogP contribution is -2.22. The zero-order chi connectivity index (χ0) is 24.6. The number of anilines is 1. The molecule has 7 heteroatoms. The summed E-state index contributed by atoms with van der Waals surface area (Å²) in [5.74, 6) is 1.64. The summed E-state index contributed by atoms with van der Waals surface area (Å²) < 4.78 is 15.7. The number of nitrogens with one attached hydrogen (secondary N) is 1. The molecule has 1 aliphatic carbocycles. The van der Waals surface area contributed by atoms with Crippen LogP contribution < -0.4 is 5.32 Å². The lowest BCUT2D eigenvalue weighted by molar-refractivity contribution is -0.114. The van der Waals surface area contributed by atoms with Crippen LogP contribution in [-0.4, -0.2) is 20.7 Å². The van der Waals surface area contributed by atoms with Crippen molar-refractivity contribution in [2.24, 2.45) is 13.0 Å². The van der Waals surface area contributed by atoms with E-state index in [4.69, 9.17) is 11.6 Å².